The number of nitrogens with one attached hydrogen (secondary N) is 3. The molecule has 6 nitrogen and oxygen atoms in total. The first-order valence-corrected chi connectivity index (χ1v) is 8.27. The van der Waals surface area contributed by atoms with Gasteiger partial charge in [-0.25, -0.2) is 0 Å². The van der Waals surface area contributed by atoms with Crippen LogP contribution in [0.3, 0.4) is 0 Å². The van der Waals surface area contributed by atoms with Crippen molar-refractivity contribution in [1.82, 2.24) is 20.7 Å². The Hall–Kier alpha value is -3.15. The summed E-state index contributed by atoms with van der Waals surface area (Å²) in [5.74, 6) is 0.135. The summed E-state index contributed by atoms with van der Waals surface area (Å²) in [6.45, 7) is 4.57. The second-order valence-corrected chi connectivity index (χ2v) is 5.81. The summed E-state index contributed by atoms with van der Waals surface area (Å²) in [5.41, 5.74) is 4.57. The molecule has 3 N–H and O–H groups in total. The lowest BCUT2D eigenvalue weighted by molar-refractivity contribution is 0.0946. The Morgan fingerprint density at radius 2 is 1.84 bits per heavy atom. The molecule has 0 radical (unpaired) electrons. The summed E-state index contributed by atoms with van der Waals surface area (Å²) in [5, 5.41) is 16.5. The van der Waals surface area contributed by atoms with Crippen molar-refractivity contribution in [2.45, 2.75) is 26.8 Å². The number of carbonyl (C=O) groups excluding carboxylic acids is 1. The molecule has 0 bridgehead atoms. The number of carbonyl (C=O) groups is 1. The summed E-state index contributed by atoms with van der Waals surface area (Å²) < 4.78 is 0. The highest BCUT2D eigenvalue weighted by Gasteiger charge is 2.16. The molecule has 0 saturated carbocycles. The molecule has 0 unspecified atom stereocenters. The monoisotopic (exact) mass is 335 g/mol. The first-order chi connectivity index (χ1) is 12.2. The molecule has 1 heterocycles. The van der Waals surface area contributed by atoms with Crippen LogP contribution < -0.4 is 10.6 Å². The molecular formula is C19H21N5O. The van der Waals surface area contributed by atoms with Gasteiger partial charge in [0.2, 0.25) is 0 Å². The van der Waals surface area contributed by atoms with Gasteiger partial charge >= 0.3 is 0 Å². The summed E-state index contributed by atoms with van der Waals surface area (Å²) in [4.78, 5) is 12.4. The van der Waals surface area contributed by atoms with Crippen molar-refractivity contribution in [3.8, 4) is 0 Å². The Kier molecular flexibility index (Phi) is 5.09. The lowest BCUT2D eigenvalue weighted by Gasteiger charge is -2.08. The van der Waals surface area contributed by atoms with Gasteiger partial charge in [-0.1, -0.05) is 43.3 Å². The Balaban J connectivity index is 1.67. The van der Waals surface area contributed by atoms with Crippen molar-refractivity contribution in [2.75, 3.05) is 5.32 Å². The van der Waals surface area contributed by atoms with E-state index in [1.807, 2.05) is 55.5 Å². The van der Waals surface area contributed by atoms with Crippen LogP contribution in [0.15, 0.2) is 48.5 Å². The van der Waals surface area contributed by atoms with Gasteiger partial charge in [-0.3, -0.25) is 4.79 Å². The van der Waals surface area contributed by atoms with Crippen molar-refractivity contribution < 1.29 is 4.79 Å². The van der Waals surface area contributed by atoms with E-state index < -0.39 is 0 Å². The van der Waals surface area contributed by atoms with E-state index in [4.69, 9.17) is 0 Å². The molecule has 0 spiro atoms. The largest absolute Gasteiger partial charge is 0.346 e. The number of aryl methyl sites for hydroxylation is 2. The third-order valence-electron chi connectivity index (χ3n) is 4.09. The van der Waals surface area contributed by atoms with Gasteiger partial charge in [0.05, 0.1) is 0 Å². The molecule has 3 aromatic rings. The fourth-order valence-corrected chi connectivity index (χ4v) is 2.50. The van der Waals surface area contributed by atoms with Crippen molar-refractivity contribution in [3.05, 3.63) is 70.9 Å². The SMILES string of the molecule is CCc1ccc(Nc2n[nH]nc2C(=O)NCc2ccccc2C)cc1. The standard InChI is InChI=1S/C19H21N5O/c1-3-14-8-10-16(11-9-14)21-18-17(22-24-23-18)19(25)20-12-15-7-5-4-6-13(15)2/h4-11H,3,12H2,1-2H3,(H,20,25)(H2,21,22,23,24). The van der Waals surface area contributed by atoms with Crippen LogP contribution in [-0.4, -0.2) is 21.3 Å². The molecule has 0 fully saturated rings. The highest BCUT2D eigenvalue weighted by atomic mass is 16.2. The third kappa shape index (κ3) is 4.03. The van der Waals surface area contributed by atoms with Crippen LogP contribution in [0.2, 0.25) is 0 Å². The van der Waals surface area contributed by atoms with Gasteiger partial charge in [0.1, 0.15) is 0 Å². The van der Waals surface area contributed by atoms with E-state index in [1.54, 1.807) is 0 Å². The Morgan fingerprint density at radius 1 is 1.08 bits per heavy atom. The summed E-state index contributed by atoms with van der Waals surface area (Å²) in [6, 6.07) is 15.9. The van der Waals surface area contributed by atoms with Crippen LogP contribution in [-0.2, 0) is 13.0 Å². The molecule has 0 aliphatic rings. The average molecular weight is 335 g/mol. The topological polar surface area (TPSA) is 82.7 Å². The molecule has 2 aromatic carbocycles. The van der Waals surface area contributed by atoms with Crippen molar-refractivity contribution in [2.24, 2.45) is 0 Å². The summed E-state index contributed by atoms with van der Waals surface area (Å²) in [6.07, 6.45) is 0.983. The van der Waals surface area contributed by atoms with E-state index in [2.05, 4.69) is 33.0 Å². The first-order valence-electron chi connectivity index (χ1n) is 8.27. The molecule has 0 aliphatic carbocycles. The number of hydrogen-bond donors (Lipinski definition) is 3. The number of amides is 1. The van der Waals surface area contributed by atoms with Crippen molar-refractivity contribution >= 4 is 17.4 Å². The third-order valence-corrected chi connectivity index (χ3v) is 4.09. The zero-order chi connectivity index (χ0) is 17.6. The molecule has 1 aromatic heterocycles. The molecule has 0 aliphatic heterocycles. The van der Waals surface area contributed by atoms with E-state index in [1.165, 1.54) is 5.56 Å². The molecule has 128 valence electrons. The van der Waals surface area contributed by atoms with E-state index >= 15 is 0 Å². The maximum atomic E-state index is 12.4. The van der Waals surface area contributed by atoms with Crippen LogP contribution in [0.5, 0.6) is 0 Å². The second-order valence-electron chi connectivity index (χ2n) is 5.81. The Morgan fingerprint density at radius 3 is 2.56 bits per heavy atom. The van der Waals surface area contributed by atoms with Gasteiger partial charge in [0.25, 0.3) is 5.91 Å². The predicted molar refractivity (Wildman–Crippen MR) is 97.8 cm³/mol. The smallest absolute Gasteiger partial charge is 0.275 e. The minimum Gasteiger partial charge on any atom is -0.346 e. The van der Waals surface area contributed by atoms with E-state index in [0.29, 0.717) is 12.4 Å². The zero-order valence-electron chi connectivity index (χ0n) is 14.3. The van der Waals surface area contributed by atoms with Gasteiger partial charge in [-0.15, -0.1) is 10.2 Å². The number of benzene rings is 2. The van der Waals surface area contributed by atoms with Gasteiger partial charge < -0.3 is 10.6 Å². The van der Waals surface area contributed by atoms with Crippen molar-refractivity contribution in [3.63, 3.8) is 0 Å². The van der Waals surface area contributed by atoms with Crippen LogP contribution in [0.1, 0.15) is 34.1 Å². The number of nitrogens with zero attached hydrogens (tertiary/aromatic N) is 2. The molecule has 3 rings (SSSR count). The number of anilines is 2. The van der Waals surface area contributed by atoms with E-state index in [0.717, 1.165) is 23.2 Å². The van der Waals surface area contributed by atoms with Gasteiger partial charge in [-0.05, 0) is 42.2 Å². The van der Waals surface area contributed by atoms with Crippen LogP contribution in [0.25, 0.3) is 0 Å². The fourth-order valence-electron chi connectivity index (χ4n) is 2.50. The maximum Gasteiger partial charge on any atom is 0.275 e. The molecule has 1 amide bonds. The highest BCUT2D eigenvalue weighted by Crippen LogP contribution is 2.18. The Bertz CT molecular complexity index is 854. The van der Waals surface area contributed by atoms with Crippen LogP contribution >= 0.6 is 0 Å². The van der Waals surface area contributed by atoms with Gasteiger partial charge in [0, 0.05) is 12.2 Å². The predicted octanol–water partition coefficient (Wildman–Crippen LogP) is 3.35. The highest BCUT2D eigenvalue weighted by molar-refractivity contribution is 5.97. The quantitative estimate of drug-likeness (QED) is 0.645. The second kappa shape index (κ2) is 7.61. The summed E-state index contributed by atoms with van der Waals surface area (Å²) in [7, 11) is 0. The molecular weight excluding hydrogens is 314 g/mol. The molecule has 0 atom stereocenters. The minimum absolute atomic E-state index is 0.244. The number of aromatic nitrogens is 3. The summed E-state index contributed by atoms with van der Waals surface area (Å²) >= 11 is 0. The fraction of sp³-hybridized carbons (Fsp3) is 0.211. The zero-order valence-corrected chi connectivity index (χ0v) is 14.3. The van der Waals surface area contributed by atoms with E-state index in [-0.39, 0.29) is 11.6 Å². The lowest BCUT2D eigenvalue weighted by Crippen LogP contribution is -2.24. The van der Waals surface area contributed by atoms with Gasteiger partial charge in [0.15, 0.2) is 11.5 Å². The number of H-pyrrole nitrogens is 1. The molecule has 25 heavy (non-hydrogen) atoms. The number of hydrogen-bond acceptors (Lipinski definition) is 4. The van der Waals surface area contributed by atoms with Gasteiger partial charge in [-0.2, -0.15) is 5.21 Å². The molecule has 6 heteroatoms. The number of rotatable bonds is 6. The maximum absolute atomic E-state index is 12.4. The average Bonchev–Trinajstić information content (AvgIpc) is 3.09. The minimum atomic E-state index is -0.273. The molecule has 0 saturated heterocycles. The lowest BCUT2D eigenvalue weighted by atomic mass is 10.1. The van der Waals surface area contributed by atoms with Crippen LogP contribution in [0, 0.1) is 6.92 Å². The first kappa shape index (κ1) is 16.7. The van der Waals surface area contributed by atoms with Crippen molar-refractivity contribution in [1.29, 1.82) is 0 Å². The normalized spacial score (nSPS) is 10.5. The van der Waals surface area contributed by atoms with Crippen LogP contribution in [0.4, 0.5) is 11.5 Å². The van der Waals surface area contributed by atoms with E-state index in [9.17, 15) is 4.79 Å². The number of aromatic amines is 1. The Labute approximate surface area is 146 Å².